The third-order valence-corrected chi connectivity index (χ3v) is 2.70. The first-order valence-electron chi connectivity index (χ1n) is 6.39. The minimum absolute atomic E-state index is 0.0570. The topological polar surface area (TPSA) is 55.4 Å². The quantitative estimate of drug-likeness (QED) is 0.860. The van der Waals surface area contributed by atoms with Gasteiger partial charge in [-0.05, 0) is 17.7 Å². The van der Waals surface area contributed by atoms with Gasteiger partial charge in [0.05, 0.1) is 12.1 Å². The summed E-state index contributed by atoms with van der Waals surface area (Å²) in [6, 6.07) is 14.8. The highest BCUT2D eigenvalue weighted by Crippen LogP contribution is 2.12. The van der Waals surface area contributed by atoms with E-state index in [0.717, 1.165) is 5.56 Å². The van der Waals surface area contributed by atoms with Crippen molar-refractivity contribution < 1.29 is 18.7 Å². The molecule has 1 amide bonds. The van der Waals surface area contributed by atoms with E-state index < -0.39 is 24.3 Å². The molecule has 1 N–H and O–H groups in total. The van der Waals surface area contributed by atoms with E-state index in [1.807, 2.05) is 18.2 Å². The standard InChI is InChI=1S/C16H14FNO3/c17-13-8-4-5-9-14(13)18-15(19)11-21-16(20)10-12-6-2-1-3-7-12/h1-9H,10-11H2,(H,18,19). The largest absolute Gasteiger partial charge is 0.455 e. The Morgan fingerprint density at radius 2 is 1.67 bits per heavy atom. The average Bonchev–Trinajstić information content (AvgIpc) is 2.49. The molecule has 21 heavy (non-hydrogen) atoms. The lowest BCUT2D eigenvalue weighted by atomic mass is 10.2. The maximum absolute atomic E-state index is 13.3. The lowest BCUT2D eigenvalue weighted by Crippen LogP contribution is -2.22. The second-order valence-corrected chi connectivity index (χ2v) is 4.35. The van der Waals surface area contributed by atoms with E-state index in [1.54, 1.807) is 18.2 Å². The highest BCUT2D eigenvalue weighted by atomic mass is 19.1. The fraction of sp³-hybridized carbons (Fsp3) is 0.125. The van der Waals surface area contributed by atoms with Crippen molar-refractivity contribution in [3.63, 3.8) is 0 Å². The van der Waals surface area contributed by atoms with Gasteiger partial charge in [0.1, 0.15) is 5.82 Å². The molecule has 2 aromatic carbocycles. The van der Waals surface area contributed by atoms with Crippen molar-refractivity contribution in [2.75, 3.05) is 11.9 Å². The van der Waals surface area contributed by atoms with Crippen LogP contribution < -0.4 is 5.32 Å². The molecule has 0 heterocycles. The Morgan fingerprint density at radius 3 is 2.38 bits per heavy atom. The van der Waals surface area contributed by atoms with E-state index in [4.69, 9.17) is 4.74 Å². The first-order chi connectivity index (χ1) is 10.1. The van der Waals surface area contributed by atoms with Crippen LogP contribution in [0.4, 0.5) is 10.1 Å². The summed E-state index contributed by atoms with van der Waals surface area (Å²) in [4.78, 5) is 23.1. The van der Waals surface area contributed by atoms with Crippen LogP contribution in [-0.4, -0.2) is 18.5 Å². The number of rotatable bonds is 5. The molecule has 108 valence electrons. The molecular weight excluding hydrogens is 273 g/mol. The van der Waals surface area contributed by atoms with E-state index in [-0.39, 0.29) is 12.1 Å². The van der Waals surface area contributed by atoms with E-state index in [2.05, 4.69) is 5.32 Å². The average molecular weight is 287 g/mol. The number of amides is 1. The molecule has 5 heteroatoms. The number of halogens is 1. The molecule has 2 rings (SSSR count). The number of para-hydroxylation sites is 1. The van der Waals surface area contributed by atoms with Crippen LogP contribution in [0.25, 0.3) is 0 Å². The number of ether oxygens (including phenoxy) is 1. The van der Waals surface area contributed by atoms with E-state index in [9.17, 15) is 14.0 Å². The fourth-order valence-electron chi connectivity index (χ4n) is 1.71. The first-order valence-corrected chi connectivity index (χ1v) is 6.39. The maximum Gasteiger partial charge on any atom is 0.310 e. The number of nitrogens with one attached hydrogen (secondary N) is 1. The predicted molar refractivity (Wildman–Crippen MR) is 76.1 cm³/mol. The summed E-state index contributed by atoms with van der Waals surface area (Å²) in [5, 5.41) is 2.34. The first kappa shape index (κ1) is 14.7. The second-order valence-electron chi connectivity index (χ2n) is 4.35. The predicted octanol–water partition coefficient (Wildman–Crippen LogP) is 2.55. The minimum Gasteiger partial charge on any atom is -0.455 e. The second kappa shape index (κ2) is 7.19. The van der Waals surface area contributed by atoms with Crippen molar-refractivity contribution in [1.82, 2.24) is 0 Å². The van der Waals surface area contributed by atoms with Crippen molar-refractivity contribution in [2.45, 2.75) is 6.42 Å². The molecule has 0 aliphatic carbocycles. The zero-order valence-corrected chi connectivity index (χ0v) is 11.2. The monoisotopic (exact) mass is 287 g/mol. The lowest BCUT2D eigenvalue weighted by molar-refractivity contribution is -0.146. The minimum atomic E-state index is -0.582. The Balaban J connectivity index is 1.79. The zero-order valence-electron chi connectivity index (χ0n) is 11.2. The molecule has 0 atom stereocenters. The van der Waals surface area contributed by atoms with E-state index >= 15 is 0 Å². The SMILES string of the molecule is O=C(COC(=O)Cc1ccccc1)Nc1ccccc1F. The van der Waals surface area contributed by atoms with Crippen LogP contribution in [0.5, 0.6) is 0 Å². The van der Waals surface area contributed by atoms with Gasteiger partial charge in [-0.25, -0.2) is 4.39 Å². The molecule has 0 aliphatic rings. The van der Waals surface area contributed by atoms with Gasteiger partial charge in [0, 0.05) is 0 Å². The van der Waals surface area contributed by atoms with Gasteiger partial charge in [-0.3, -0.25) is 9.59 Å². The van der Waals surface area contributed by atoms with E-state index in [0.29, 0.717) is 0 Å². The Hall–Kier alpha value is -2.69. The van der Waals surface area contributed by atoms with Crippen LogP contribution >= 0.6 is 0 Å². The summed E-state index contributed by atoms with van der Waals surface area (Å²) in [6.45, 7) is -0.444. The molecule has 0 saturated carbocycles. The molecule has 0 aromatic heterocycles. The van der Waals surface area contributed by atoms with Crippen LogP contribution in [0.3, 0.4) is 0 Å². The van der Waals surface area contributed by atoms with Gasteiger partial charge < -0.3 is 10.1 Å². The number of hydrogen-bond donors (Lipinski definition) is 1. The van der Waals surface area contributed by atoms with Crippen LogP contribution in [0.2, 0.25) is 0 Å². The summed E-state index contributed by atoms with van der Waals surface area (Å²) < 4.78 is 18.2. The van der Waals surface area contributed by atoms with Gasteiger partial charge in [-0.1, -0.05) is 42.5 Å². The Labute approximate surface area is 121 Å². The normalized spacial score (nSPS) is 9.95. The Kier molecular flexibility index (Phi) is 5.04. The van der Waals surface area contributed by atoms with E-state index in [1.165, 1.54) is 18.2 Å². The van der Waals surface area contributed by atoms with Crippen molar-refractivity contribution in [1.29, 1.82) is 0 Å². The smallest absolute Gasteiger partial charge is 0.310 e. The molecule has 0 unspecified atom stereocenters. The van der Waals surface area contributed by atoms with Crippen molar-refractivity contribution in [2.24, 2.45) is 0 Å². The van der Waals surface area contributed by atoms with Crippen LogP contribution in [0.15, 0.2) is 54.6 Å². The number of hydrogen-bond acceptors (Lipinski definition) is 3. The number of benzene rings is 2. The van der Waals surface area contributed by atoms with Crippen molar-refractivity contribution in [3.8, 4) is 0 Å². The zero-order chi connectivity index (χ0) is 15.1. The summed E-state index contributed by atoms with van der Waals surface area (Å²) in [5.41, 5.74) is 0.860. The highest BCUT2D eigenvalue weighted by molar-refractivity contribution is 5.92. The third-order valence-electron chi connectivity index (χ3n) is 2.70. The number of carbonyl (C=O) groups is 2. The summed E-state index contributed by atoms with van der Waals surface area (Å²) in [5.74, 6) is -1.63. The van der Waals surface area contributed by atoms with Crippen LogP contribution in [0, 0.1) is 5.82 Å². The number of esters is 1. The highest BCUT2D eigenvalue weighted by Gasteiger charge is 2.10. The van der Waals surface area contributed by atoms with Gasteiger partial charge in [0.25, 0.3) is 5.91 Å². The van der Waals surface area contributed by atoms with Gasteiger partial charge in [0.15, 0.2) is 6.61 Å². The molecule has 0 radical (unpaired) electrons. The molecule has 0 saturated heterocycles. The van der Waals surface area contributed by atoms with Crippen LogP contribution in [-0.2, 0) is 20.7 Å². The molecular formula is C16H14FNO3. The van der Waals surface area contributed by atoms with Gasteiger partial charge >= 0.3 is 5.97 Å². The summed E-state index contributed by atoms with van der Waals surface area (Å²) in [6.07, 6.45) is 0.0911. The molecule has 2 aromatic rings. The summed E-state index contributed by atoms with van der Waals surface area (Å²) in [7, 11) is 0. The Bertz CT molecular complexity index is 628. The number of anilines is 1. The van der Waals surface area contributed by atoms with Gasteiger partial charge in [0.2, 0.25) is 0 Å². The van der Waals surface area contributed by atoms with Gasteiger partial charge in [-0.15, -0.1) is 0 Å². The van der Waals surface area contributed by atoms with Crippen molar-refractivity contribution in [3.05, 3.63) is 66.0 Å². The Morgan fingerprint density at radius 1 is 1.00 bits per heavy atom. The van der Waals surface area contributed by atoms with Crippen molar-refractivity contribution >= 4 is 17.6 Å². The molecule has 0 fully saturated rings. The summed E-state index contributed by atoms with van der Waals surface area (Å²) >= 11 is 0. The fourth-order valence-corrected chi connectivity index (χ4v) is 1.71. The lowest BCUT2D eigenvalue weighted by Gasteiger charge is -2.07. The number of carbonyl (C=O) groups excluding carboxylic acids is 2. The molecule has 0 bridgehead atoms. The van der Waals surface area contributed by atoms with Gasteiger partial charge in [-0.2, -0.15) is 0 Å². The third kappa shape index (κ3) is 4.72. The van der Waals surface area contributed by atoms with Crippen LogP contribution in [0.1, 0.15) is 5.56 Å². The molecule has 4 nitrogen and oxygen atoms in total. The molecule has 0 aliphatic heterocycles. The molecule has 0 spiro atoms. The maximum atomic E-state index is 13.3.